The van der Waals surface area contributed by atoms with E-state index in [1.54, 1.807) is 37.4 Å². The molecule has 174 valence electrons. The summed E-state index contributed by atoms with van der Waals surface area (Å²) in [7, 11) is 1.62. The molecule has 3 N–H and O–H groups in total. The number of carbonyl (C=O) groups is 3. The van der Waals surface area contributed by atoms with E-state index in [2.05, 4.69) is 20.9 Å². The van der Waals surface area contributed by atoms with Crippen molar-refractivity contribution in [3.8, 4) is 0 Å². The molecular formula is C25H31N5O3. The van der Waals surface area contributed by atoms with E-state index in [0.717, 1.165) is 30.9 Å². The molecule has 3 rings (SSSR count). The van der Waals surface area contributed by atoms with Gasteiger partial charge in [0.05, 0.1) is 11.1 Å². The molecule has 1 aliphatic rings. The smallest absolute Gasteiger partial charge is 0.261 e. The molecule has 33 heavy (non-hydrogen) atoms. The van der Waals surface area contributed by atoms with E-state index in [9.17, 15) is 14.4 Å². The van der Waals surface area contributed by atoms with Crippen LogP contribution in [0.4, 0.5) is 0 Å². The molecule has 2 aromatic rings. The lowest BCUT2D eigenvalue weighted by atomic mass is 10.1. The molecule has 2 aromatic carbocycles. The highest BCUT2D eigenvalue weighted by Gasteiger charge is 2.34. The van der Waals surface area contributed by atoms with Gasteiger partial charge in [-0.25, -0.2) is 0 Å². The number of carbonyl (C=O) groups excluding carboxylic acids is 3. The summed E-state index contributed by atoms with van der Waals surface area (Å²) in [6, 6.07) is 14.5. The van der Waals surface area contributed by atoms with Crippen molar-refractivity contribution in [2.24, 2.45) is 4.99 Å². The third-order valence-electron chi connectivity index (χ3n) is 5.40. The highest BCUT2D eigenvalue weighted by molar-refractivity contribution is 6.21. The first-order valence-electron chi connectivity index (χ1n) is 11.3. The number of fused-ring (bicyclic) bond motifs is 1. The van der Waals surface area contributed by atoms with E-state index in [1.165, 1.54) is 4.90 Å². The quantitative estimate of drug-likeness (QED) is 0.223. The fourth-order valence-corrected chi connectivity index (χ4v) is 3.69. The monoisotopic (exact) mass is 449 g/mol. The Bertz CT molecular complexity index is 999. The summed E-state index contributed by atoms with van der Waals surface area (Å²) in [6.07, 6.45) is 2.22. The summed E-state index contributed by atoms with van der Waals surface area (Å²) in [5, 5.41) is 9.17. The Morgan fingerprint density at radius 2 is 1.70 bits per heavy atom. The number of amides is 3. The first-order chi connectivity index (χ1) is 16.0. The minimum atomic E-state index is -0.213. The largest absolute Gasteiger partial charge is 0.357 e. The molecular weight excluding hydrogens is 418 g/mol. The molecule has 0 bridgehead atoms. The number of hydrogen-bond donors (Lipinski definition) is 3. The molecule has 0 spiro atoms. The van der Waals surface area contributed by atoms with E-state index < -0.39 is 0 Å². The van der Waals surface area contributed by atoms with Gasteiger partial charge in [0.25, 0.3) is 17.7 Å². The molecule has 8 heteroatoms. The van der Waals surface area contributed by atoms with Crippen molar-refractivity contribution < 1.29 is 14.4 Å². The number of nitrogens with zero attached hydrogens (tertiary/aromatic N) is 2. The minimum Gasteiger partial charge on any atom is -0.357 e. The third kappa shape index (κ3) is 6.19. The maximum Gasteiger partial charge on any atom is 0.261 e. The van der Waals surface area contributed by atoms with Crippen molar-refractivity contribution in [2.75, 3.05) is 33.2 Å². The third-order valence-corrected chi connectivity index (χ3v) is 5.40. The highest BCUT2D eigenvalue weighted by Crippen LogP contribution is 2.22. The SMILES string of the molecule is CCNC(=NCCCCN1C(=O)c2ccccc2C1=O)NCCc1cccc(C(=O)NC)c1. The summed E-state index contributed by atoms with van der Waals surface area (Å²) in [5.74, 6) is 0.200. The first kappa shape index (κ1) is 24.0. The van der Waals surface area contributed by atoms with Gasteiger partial charge in [-0.05, 0) is 56.0 Å². The van der Waals surface area contributed by atoms with Crippen LogP contribution in [0.1, 0.15) is 56.4 Å². The molecule has 0 aliphatic carbocycles. The van der Waals surface area contributed by atoms with Crippen molar-refractivity contribution in [2.45, 2.75) is 26.2 Å². The zero-order chi connectivity index (χ0) is 23.6. The summed E-state index contributed by atoms with van der Waals surface area (Å²) in [4.78, 5) is 42.5. The van der Waals surface area contributed by atoms with Crippen LogP contribution in [0, 0.1) is 0 Å². The van der Waals surface area contributed by atoms with E-state index in [0.29, 0.717) is 42.7 Å². The molecule has 1 heterocycles. The van der Waals surface area contributed by atoms with Gasteiger partial charge in [-0.3, -0.25) is 24.3 Å². The van der Waals surface area contributed by atoms with Gasteiger partial charge in [0.15, 0.2) is 5.96 Å². The predicted molar refractivity (Wildman–Crippen MR) is 129 cm³/mol. The first-order valence-corrected chi connectivity index (χ1v) is 11.3. The summed E-state index contributed by atoms with van der Waals surface area (Å²) in [5.41, 5.74) is 2.69. The highest BCUT2D eigenvalue weighted by atomic mass is 16.2. The number of rotatable bonds is 10. The van der Waals surface area contributed by atoms with Gasteiger partial charge in [-0.15, -0.1) is 0 Å². The number of unbranched alkanes of at least 4 members (excludes halogenated alkanes) is 1. The molecule has 8 nitrogen and oxygen atoms in total. The topological polar surface area (TPSA) is 103 Å². The van der Waals surface area contributed by atoms with Crippen molar-refractivity contribution in [3.05, 3.63) is 70.8 Å². The van der Waals surface area contributed by atoms with Crippen LogP contribution < -0.4 is 16.0 Å². The summed E-state index contributed by atoms with van der Waals surface area (Å²) >= 11 is 0. The number of benzene rings is 2. The van der Waals surface area contributed by atoms with E-state index in [4.69, 9.17) is 0 Å². The minimum absolute atomic E-state index is 0.0964. The molecule has 0 unspecified atom stereocenters. The average Bonchev–Trinajstić information content (AvgIpc) is 3.08. The van der Waals surface area contributed by atoms with Gasteiger partial charge in [0, 0.05) is 38.8 Å². The molecule has 0 saturated heterocycles. The van der Waals surface area contributed by atoms with Crippen LogP contribution in [-0.4, -0.2) is 61.8 Å². The lowest BCUT2D eigenvalue weighted by molar-refractivity contribution is 0.0651. The van der Waals surface area contributed by atoms with Crippen LogP contribution in [0.2, 0.25) is 0 Å². The molecule has 0 fully saturated rings. The Labute approximate surface area is 194 Å². The Balaban J connectivity index is 1.43. The number of hydrogen-bond acceptors (Lipinski definition) is 4. The van der Waals surface area contributed by atoms with Gasteiger partial charge in [0.2, 0.25) is 0 Å². The second kappa shape index (κ2) is 11.8. The molecule has 0 radical (unpaired) electrons. The van der Waals surface area contributed by atoms with Crippen LogP contribution in [-0.2, 0) is 6.42 Å². The Morgan fingerprint density at radius 1 is 0.970 bits per heavy atom. The van der Waals surface area contributed by atoms with Crippen LogP contribution >= 0.6 is 0 Å². The molecule has 3 amide bonds. The lowest BCUT2D eigenvalue weighted by Crippen LogP contribution is -2.38. The summed E-state index contributed by atoms with van der Waals surface area (Å²) < 4.78 is 0. The number of nitrogens with one attached hydrogen (secondary N) is 3. The van der Waals surface area contributed by atoms with Gasteiger partial charge in [0.1, 0.15) is 0 Å². The van der Waals surface area contributed by atoms with E-state index >= 15 is 0 Å². The molecule has 0 saturated carbocycles. The van der Waals surface area contributed by atoms with Crippen molar-refractivity contribution in [3.63, 3.8) is 0 Å². The average molecular weight is 450 g/mol. The van der Waals surface area contributed by atoms with Crippen LogP contribution in [0.3, 0.4) is 0 Å². The molecule has 0 atom stereocenters. The van der Waals surface area contributed by atoms with Crippen LogP contribution in [0.15, 0.2) is 53.5 Å². The standard InChI is InChI=1S/C25H31N5O3/c1-3-27-25(29-15-13-18-9-8-10-19(17-18)22(31)26-2)28-14-6-7-16-30-23(32)20-11-4-5-12-21(20)24(30)33/h4-5,8-12,17H,3,6-7,13-16H2,1-2H3,(H,26,31)(H2,27,28,29). The Morgan fingerprint density at radius 3 is 2.36 bits per heavy atom. The zero-order valence-electron chi connectivity index (χ0n) is 19.2. The lowest BCUT2D eigenvalue weighted by Gasteiger charge is -2.14. The zero-order valence-corrected chi connectivity index (χ0v) is 19.2. The van der Waals surface area contributed by atoms with E-state index in [1.807, 2.05) is 25.1 Å². The Hall–Kier alpha value is -3.68. The van der Waals surface area contributed by atoms with Crippen LogP contribution in [0.5, 0.6) is 0 Å². The van der Waals surface area contributed by atoms with Gasteiger partial charge < -0.3 is 16.0 Å². The van der Waals surface area contributed by atoms with Crippen molar-refractivity contribution in [1.29, 1.82) is 0 Å². The fourth-order valence-electron chi connectivity index (χ4n) is 3.69. The normalized spacial score (nSPS) is 13.2. The fraction of sp³-hybridized carbons (Fsp3) is 0.360. The summed E-state index contributed by atoms with van der Waals surface area (Å²) in [6.45, 7) is 4.41. The van der Waals surface area contributed by atoms with Crippen molar-refractivity contribution >= 4 is 23.7 Å². The van der Waals surface area contributed by atoms with Gasteiger partial charge in [-0.1, -0.05) is 24.3 Å². The van der Waals surface area contributed by atoms with Crippen LogP contribution in [0.25, 0.3) is 0 Å². The van der Waals surface area contributed by atoms with Gasteiger partial charge >= 0.3 is 0 Å². The number of imide groups is 1. The Kier molecular flexibility index (Phi) is 8.57. The van der Waals surface area contributed by atoms with E-state index in [-0.39, 0.29) is 17.7 Å². The predicted octanol–water partition coefficient (Wildman–Crippen LogP) is 2.22. The molecule has 1 aliphatic heterocycles. The second-order valence-corrected chi connectivity index (χ2v) is 7.73. The number of aliphatic imine (C=N–C) groups is 1. The maximum absolute atomic E-state index is 12.4. The second-order valence-electron chi connectivity index (χ2n) is 7.73. The number of guanidine groups is 1. The van der Waals surface area contributed by atoms with Gasteiger partial charge in [-0.2, -0.15) is 0 Å². The maximum atomic E-state index is 12.4. The molecule has 0 aromatic heterocycles. The van der Waals surface area contributed by atoms with Crippen molar-refractivity contribution in [1.82, 2.24) is 20.9 Å².